The number of halogens is 2. The van der Waals surface area contributed by atoms with Crippen LogP contribution in [0.3, 0.4) is 0 Å². The van der Waals surface area contributed by atoms with Crippen molar-refractivity contribution in [3.63, 3.8) is 0 Å². The smallest absolute Gasteiger partial charge is 0.246 e. The van der Waals surface area contributed by atoms with Crippen LogP contribution in [0.4, 0.5) is 8.78 Å². The number of hydrogen-bond acceptors (Lipinski definition) is 3. The van der Waals surface area contributed by atoms with E-state index in [1.165, 1.54) is 11.2 Å². The molecule has 2 fully saturated rings. The second kappa shape index (κ2) is 5.52. The van der Waals surface area contributed by atoms with Gasteiger partial charge in [-0.1, -0.05) is 0 Å². The zero-order valence-electron chi connectivity index (χ0n) is 12.7. The Morgan fingerprint density at radius 2 is 1.83 bits per heavy atom. The molecular weight excluding hydrogens is 326 g/mol. The van der Waals surface area contributed by atoms with Gasteiger partial charge >= 0.3 is 0 Å². The summed E-state index contributed by atoms with van der Waals surface area (Å²) in [5, 5.41) is 2.77. The normalized spacial score (nSPS) is 21.6. The molecule has 1 N–H and O–H groups in total. The summed E-state index contributed by atoms with van der Waals surface area (Å²) < 4.78 is 54.0. The van der Waals surface area contributed by atoms with Crippen molar-refractivity contribution in [2.75, 3.05) is 19.6 Å². The molecule has 0 bridgehead atoms. The van der Waals surface area contributed by atoms with Crippen LogP contribution in [-0.4, -0.2) is 38.3 Å². The molecule has 2 saturated heterocycles. The number of amides is 1. The van der Waals surface area contributed by atoms with Gasteiger partial charge in [0.05, 0.1) is 0 Å². The molecule has 0 atom stereocenters. The highest BCUT2D eigenvalue weighted by atomic mass is 32.2. The number of carbonyl (C=O) groups excluding carboxylic acids is 1. The Balaban J connectivity index is 1.82. The summed E-state index contributed by atoms with van der Waals surface area (Å²) in [6, 6.07) is 1.64. The second-order valence-electron chi connectivity index (χ2n) is 6.39. The van der Waals surface area contributed by atoms with Crippen molar-refractivity contribution in [1.82, 2.24) is 9.62 Å². The minimum Gasteiger partial charge on any atom is -0.356 e. The maximum Gasteiger partial charge on any atom is 0.246 e. The van der Waals surface area contributed by atoms with E-state index in [1.807, 2.05) is 0 Å². The van der Waals surface area contributed by atoms with Crippen molar-refractivity contribution in [2.24, 2.45) is 5.41 Å². The van der Waals surface area contributed by atoms with Crippen molar-refractivity contribution in [1.29, 1.82) is 0 Å². The van der Waals surface area contributed by atoms with Crippen LogP contribution in [0.15, 0.2) is 17.0 Å². The largest absolute Gasteiger partial charge is 0.356 e. The molecule has 0 aromatic heterocycles. The van der Waals surface area contributed by atoms with Crippen molar-refractivity contribution in [3.05, 3.63) is 29.3 Å². The molecule has 2 aliphatic heterocycles. The predicted octanol–water partition coefficient (Wildman–Crippen LogP) is 1.56. The fourth-order valence-electron chi connectivity index (χ4n) is 3.27. The lowest BCUT2D eigenvalue weighted by Gasteiger charge is -2.37. The molecule has 0 saturated carbocycles. The summed E-state index contributed by atoms with van der Waals surface area (Å²) in [6.45, 7) is 2.33. The minimum atomic E-state index is -4.08. The number of nitrogens with one attached hydrogen (secondary N) is 1. The number of hydrogen-bond donors (Lipinski definition) is 1. The lowest BCUT2D eigenvalue weighted by Crippen LogP contribution is -2.44. The van der Waals surface area contributed by atoms with Gasteiger partial charge in [0.2, 0.25) is 15.9 Å². The van der Waals surface area contributed by atoms with E-state index in [0.717, 1.165) is 12.1 Å². The summed E-state index contributed by atoms with van der Waals surface area (Å²) in [6.07, 6.45) is 1.45. The Bertz CT molecular complexity index is 756. The first-order chi connectivity index (χ1) is 10.7. The van der Waals surface area contributed by atoms with Crippen LogP contribution in [0, 0.1) is 24.0 Å². The second-order valence-corrected chi connectivity index (χ2v) is 8.30. The quantitative estimate of drug-likeness (QED) is 0.885. The van der Waals surface area contributed by atoms with Crippen LogP contribution < -0.4 is 5.32 Å². The van der Waals surface area contributed by atoms with Crippen molar-refractivity contribution in [3.8, 4) is 0 Å². The molecule has 126 valence electrons. The highest BCUT2D eigenvalue weighted by molar-refractivity contribution is 7.89. The molecule has 2 heterocycles. The van der Waals surface area contributed by atoms with Crippen LogP contribution >= 0.6 is 0 Å². The van der Waals surface area contributed by atoms with Crippen LogP contribution in [0.1, 0.15) is 24.8 Å². The van der Waals surface area contributed by atoms with Crippen LogP contribution in [-0.2, 0) is 14.8 Å². The third-order valence-electron chi connectivity index (χ3n) is 4.81. The van der Waals surface area contributed by atoms with Gasteiger partial charge in [-0.2, -0.15) is 4.31 Å². The van der Waals surface area contributed by atoms with Crippen LogP contribution in [0.25, 0.3) is 0 Å². The molecule has 0 radical (unpaired) electrons. The zero-order chi connectivity index (χ0) is 16.8. The van der Waals surface area contributed by atoms with Crippen molar-refractivity contribution < 1.29 is 22.0 Å². The summed E-state index contributed by atoms with van der Waals surface area (Å²) >= 11 is 0. The van der Waals surface area contributed by atoms with E-state index in [0.29, 0.717) is 25.8 Å². The number of sulfonamides is 1. The van der Waals surface area contributed by atoms with E-state index in [-0.39, 0.29) is 30.0 Å². The zero-order valence-corrected chi connectivity index (χ0v) is 13.5. The number of nitrogens with zero attached hydrogens (tertiary/aromatic N) is 1. The van der Waals surface area contributed by atoms with E-state index in [1.54, 1.807) is 0 Å². The molecular formula is C15H18F2N2O3S. The topological polar surface area (TPSA) is 66.5 Å². The summed E-state index contributed by atoms with van der Waals surface area (Å²) in [5.41, 5.74) is -0.144. The first-order valence-corrected chi connectivity index (χ1v) is 8.90. The monoisotopic (exact) mass is 344 g/mol. The molecule has 3 rings (SSSR count). The maximum atomic E-state index is 14.0. The maximum absolute atomic E-state index is 14.0. The number of benzene rings is 1. The average molecular weight is 344 g/mol. The van der Waals surface area contributed by atoms with Crippen molar-refractivity contribution >= 4 is 15.9 Å². The van der Waals surface area contributed by atoms with Gasteiger partial charge in [0.15, 0.2) is 0 Å². The van der Waals surface area contributed by atoms with E-state index >= 15 is 0 Å². The molecule has 5 nitrogen and oxygen atoms in total. The summed E-state index contributed by atoms with van der Waals surface area (Å²) in [5.74, 6) is -1.71. The lowest BCUT2D eigenvalue weighted by molar-refractivity contribution is -0.119. The van der Waals surface area contributed by atoms with E-state index < -0.39 is 26.6 Å². The fourth-order valence-corrected chi connectivity index (χ4v) is 4.77. The Hall–Kier alpha value is -1.54. The van der Waals surface area contributed by atoms with Gasteiger partial charge < -0.3 is 5.32 Å². The molecule has 23 heavy (non-hydrogen) atoms. The van der Waals surface area contributed by atoms with E-state index in [2.05, 4.69) is 5.32 Å². The fraction of sp³-hybridized carbons (Fsp3) is 0.533. The van der Waals surface area contributed by atoms with Gasteiger partial charge in [-0.05, 0) is 42.9 Å². The van der Waals surface area contributed by atoms with E-state index in [4.69, 9.17) is 0 Å². The Kier molecular flexibility index (Phi) is 3.92. The van der Waals surface area contributed by atoms with Gasteiger partial charge in [-0.3, -0.25) is 4.79 Å². The number of piperidine rings is 1. The highest BCUT2D eigenvalue weighted by Crippen LogP contribution is 2.39. The molecule has 0 unspecified atom stereocenters. The number of carbonyl (C=O) groups is 1. The number of rotatable bonds is 2. The molecule has 1 amide bonds. The SMILES string of the molecule is Cc1cc(F)c(S(=O)(=O)N2CCC3(CC2)CNC(=O)C3)cc1F. The van der Waals surface area contributed by atoms with E-state index in [9.17, 15) is 22.0 Å². The van der Waals surface area contributed by atoms with Crippen LogP contribution in [0.2, 0.25) is 0 Å². The Morgan fingerprint density at radius 3 is 2.39 bits per heavy atom. The molecule has 1 aromatic rings. The third kappa shape index (κ3) is 2.85. The lowest BCUT2D eigenvalue weighted by atomic mass is 9.78. The van der Waals surface area contributed by atoms with Gasteiger partial charge in [0.25, 0.3) is 0 Å². The van der Waals surface area contributed by atoms with Crippen molar-refractivity contribution in [2.45, 2.75) is 31.1 Å². The molecule has 2 aliphatic rings. The summed E-state index contributed by atoms with van der Waals surface area (Å²) in [4.78, 5) is 10.8. The standard InChI is InChI=1S/C15H18F2N2O3S/c1-10-6-12(17)13(7-11(10)16)23(21,22)19-4-2-15(3-5-19)8-14(20)18-9-15/h6-7H,2-5,8-9H2,1H3,(H,18,20). The average Bonchev–Trinajstić information content (AvgIpc) is 2.84. The third-order valence-corrected chi connectivity index (χ3v) is 6.72. The first kappa shape index (κ1) is 16.3. The van der Waals surface area contributed by atoms with Gasteiger partial charge in [-0.25, -0.2) is 17.2 Å². The molecule has 1 aromatic carbocycles. The Labute approximate surface area is 133 Å². The molecule has 0 aliphatic carbocycles. The van der Waals surface area contributed by atoms with Gasteiger partial charge in [-0.15, -0.1) is 0 Å². The molecule has 8 heteroatoms. The van der Waals surface area contributed by atoms with Crippen LogP contribution in [0.5, 0.6) is 0 Å². The summed E-state index contributed by atoms with van der Waals surface area (Å²) in [7, 11) is -4.08. The minimum absolute atomic E-state index is 0.0204. The first-order valence-electron chi connectivity index (χ1n) is 7.46. The number of aryl methyl sites for hydroxylation is 1. The Morgan fingerprint density at radius 1 is 1.17 bits per heavy atom. The highest BCUT2D eigenvalue weighted by Gasteiger charge is 2.43. The predicted molar refractivity (Wildman–Crippen MR) is 79.1 cm³/mol. The van der Waals surface area contributed by atoms with Gasteiger partial charge in [0, 0.05) is 26.1 Å². The van der Waals surface area contributed by atoms with Gasteiger partial charge in [0.1, 0.15) is 16.5 Å². The molecule has 1 spiro atoms.